The Morgan fingerprint density at radius 3 is 2.93 bits per heavy atom. The maximum absolute atomic E-state index is 5.97. The topological polar surface area (TPSA) is 13.1 Å². The minimum Gasteiger partial charge on any atom is -0.446 e. The van der Waals surface area contributed by atoms with Crippen LogP contribution in [-0.2, 0) is 0 Å². The molecular formula is C12H8Cl2O. The highest BCUT2D eigenvalue weighted by Crippen LogP contribution is 2.25. The smallest absolute Gasteiger partial charge is 0.178 e. The van der Waals surface area contributed by atoms with Crippen LogP contribution in [0.1, 0.15) is 12.2 Å². The van der Waals surface area contributed by atoms with Crippen molar-refractivity contribution in [1.82, 2.24) is 0 Å². The second-order valence-electron chi connectivity index (χ2n) is 3.01. The second-order valence-corrected chi connectivity index (χ2v) is 3.79. The van der Waals surface area contributed by atoms with Crippen LogP contribution in [0.4, 0.5) is 0 Å². The van der Waals surface area contributed by atoms with Gasteiger partial charge in [-0.25, -0.2) is 0 Å². The highest BCUT2D eigenvalue weighted by molar-refractivity contribution is 6.34. The summed E-state index contributed by atoms with van der Waals surface area (Å²) < 4.78 is 5.50. The highest BCUT2D eigenvalue weighted by atomic mass is 35.5. The average molecular weight is 239 g/mol. The van der Waals surface area contributed by atoms with E-state index in [-0.39, 0.29) is 0 Å². The molecule has 0 aliphatic carbocycles. The van der Waals surface area contributed by atoms with Crippen molar-refractivity contribution >= 4 is 34.2 Å². The van der Waals surface area contributed by atoms with Gasteiger partial charge >= 0.3 is 0 Å². The van der Waals surface area contributed by atoms with Crippen LogP contribution < -0.4 is 0 Å². The molecule has 2 rings (SSSR count). The molecule has 0 bridgehead atoms. The molecule has 0 aliphatic rings. The first-order valence-corrected chi connectivity index (χ1v) is 5.45. The number of fused-ring (bicyclic) bond motifs is 1. The summed E-state index contributed by atoms with van der Waals surface area (Å²) in [6.07, 6.45) is 0.659. The van der Waals surface area contributed by atoms with Crippen molar-refractivity contribution in [1.29, 1.82) is 0 Å². The van der Waals surface area contributed by atoms with Crippen LogP contribution in [0.2, 0.25) is 5.02 Å². The summed E-state index contributed by atoms with van der Waals surface area (Å²) in [5.41, 5.74) is 0.689. The first kappa shape index (κ1) is 10.4. The minimum atomic E-state index is 0.536. The predicted octanol–water partition coefficient (Wildman–Crippen LogP) is 4.07. The molecule has 76 valence electrons. The Labute approximate surface area is 98.0 Å². The van der Waals surface area contributed by atoms with Crippen LogP contribution in [-0.4, -0.2) is 5.88 Å². The minimum absolute atomic E-state index is 0.536. The lowest BCUT2D eigenvalue weighted by Gasteiger charge is -1.88. The van der Waals surface area contributed by atoms with E-state index in [1.165, 1.54) is 0 Å². The fourth-order valence-electron chi connectivity index (χ4n) is 1.29. The summed E-state index contributed by atoms with van der Waals surface area (Å²) in [7, 11) is 0. The number of rotatable bonds is 1. The van der Waals surface area contributed by atoms with Gasteiger partial charge in [0.25, 0.3) is 0 Å². The SMILES string of the molecule is ClCCC#Cc1cc2cccc(Cl)c2o1. The molecule has 0 saturated heterocycles. The Kier molecular flexibility index (Phi) is 3.20. The standard InChI is InChI=1S/C12H8Cl2O/c13-7-2-1-5-10-8-9-4-3-6-11(14)12(9)15-10/h3-4,6,8H,2,7H2. The highest BCUT2D eigenvalue weighted by Gasteiger charge is 2.04. The molecule has 0 fully saturated rings. The number of hydrogen-bond acceptors (Lipinski definition) is 1. The number of furan rings is 1. The molecule has 0 radical (unpaired) electrons. The third-order valence-corrected chi connectivity index (χ3v) is 2.41. The van der Waals surface area contributed by atoms with Gasteiger partial charge in [0, 0.05) is 23.8 Å². The normalized spacial score (nSPS) is 10.0. The molecule has 0 spiro atoms. The number of halogens is 2. The van der Waals surface area contributed by atoms with E-state index in [1.54, 1.807) is 6.07 Å². The average Bonchev–Trinajstić information content (AvgIpc) is 2.63. The van der Waals surface area contributed by atoms with Gasteiger partial charge in [-0.2, -0.15) is 0 Å². The molecule has 15 heavy (non-hydrogen) atoms. The Morgan fingerprint density at radius 2 is 2.20 bits per heavy atom. The summed E-state index contributed by atoms with van der Waals surface area (Å²) in [4.78, 5) is 0. The van der Waals surface area contributed by atoms with E-state index in [4.69, 9.17) is 27.6 Å². The van der Waals surface area contributed by atoms with E-state index in [9.17, 15) is 0 Å². The Morgan fingerprint density at radius 1 is 1.33 bits per heavy atom. The summed E-state index contributed by atoms with van der Waals surface area (Å²) in [5, 5.41) is 1.58. The first-order valence-electron chi connectivity index (χ1n) is 4.54. The zero-order valence-corrected chi connectivity index (χ0v) is 9.40. The molecule has 0 amide bonds. The third kappa shape index (κ3) is 2.28. The van der Waals surface area contributed by atoms with Crippen molar-refractivity contribution in [2.75, 3.05) is 5.88 Å². The monoisotopic (exact) mass is 238 g/mol. The van der Waals surface area contributed by atoms with Crippen LogP contribution in [0.25, 0.3) is 11.0 Å². The summed E-state index contributed by atoms with van der Waals surface area (Å²) in [6.45, 7) is 0. The van der Waals surface area contributed by atoms with E-state index >= 15 is 0 Å². The molecule has 0 saturated carbocycles. The maximum atomic E-state index is 5.97. The summed E-state index contributed by atoms with van der Waals surface area (Å²) in [5.74, 6) is 6.98. The van der Waals surface area contributed by atoms with Gasteiger partial charge in [0.15, 0.2) is 11.3 Å². The second kappa shape index (κ2) is 4.61. The van der Waals surface area contributed by atoms with Crippen LogP contribution in [0.5, 0.6) is 0 Å². The van der Waals surface area contributed by atoms with Gasteiger partial charge < -0.3 is 4.42 Å². The fraction of sp³-hybridized carbons (Fsp3) is 0.167. The van der Waals surface area contributed by atoms with Gasteiger partial charge in [-0.1, -0.05) is 29.7 Å². The quantitative estimate of drug-likeness (QED) is 0.540. The molecule has 2 aromatic rings. The number of benzene rings is 1. The van der Waals surface area contributed by atoms with Crippen molar-refractivity contribution in [2.24, 2.45) is 0 Å². The van der Waals surface area contributed by atoms with Crippen LogP contribution >= 0.6 is 23.2 Å². The van der Waals surface area contributed by atoms with E-state index in [0.717, 1.165) is 5.39 Å². The maximum Gasteiger partial charge on any atom is 0.178 e. The zero-order valence-electron chi connectivity index (χ0n) is 7.89. The van der Waals surface area contributed by atoms with Gasteiger partial charge in [0.1, 0.15) is 0 Å². The van der Waals surface area contributed by atoms with Crippen LogP contribution in [0.15, 0.2) is 28.7 Å². The molecule has 0 unspecified atom stereocenters. The predicted molar refractivity (Wildman–Crippen MR) is 63.4 cm³/mol. The van der Waals surface area contributed by atoms with Crippen LogP contribution in [0, 0.1) is 11.8 Å². The summed E-state index contributed by atoms with van der Waals surface area (Å²) >= 11 is 11.5. The first-order chi connectivity index (χ1) is 7.31. The van der Waals surface area contributed by atoms with Gasteiger partial charge in [0.2, 0.25) is 0 Å². The lowest BCUT2D eigenvalue weighted by molar-refractivity contribution is 0.601. The fourth-order valence-corrected chi connectivity index (χ4v) is 1.60. The van der Waals surface area contributed by atoms with E-state index in [0.29, 0.717) is 28.7 Å². The van der Waals surface area contributed by atoms with Crippen molar-refractivity contribution in [2.45, 2.75) is 6.42 Å². The molecule has 0 aliphatic heterocycles. The van der Waals surface area contributed by atoms with Crippen molar-refractivity contribution in [3.8, 4) is 11.8 Å². The lowest BCUT2D eigenvalue weighted by atomic mass is 10.2. The van der Waals surface area contributed by atoms with Crippen molar-refractivity contribution in [3.05, 3.63) is 35.0 Å². The van der Waals surface area contributed by atoms with Gasteiger partial charge in [-0.3, -0.25) is 0 Å². The molecule has 0 N–H and O–H groups in total. The molecule has 3 heteroatoms. The number of para-hydroxylation sites is 1. The van der Waals surface area contributed by atoms with Crippen molar-refractivity contribution in [3.63, 3.8) is 0 Å². The summed E-state index contributed by atoms with van der Waals surface area (Å²) in [6, 6.07) is 7.50. The molecule has 1 nitrogen and oxygen atoms in total. The Bertz CT molecular complexity index is 531. The third-order valence-electron chi connectivity index (χ3n) is 1.93. The van der Waals surface area contributed by atoms with Gasteiger partial charge in [0.05, 0.1) is 5.02 Å². The zero-order chi connectivity index (χ0) is 10.7. The van der Waals surface area contributed by atoms with E-state index in [2.05, 4.69) is 11.8 Å². The van der Waals surface area contributed by atoms with Gasteiger partial charge in [-0.05, 0) is 12.0 Å². The van der Waals surface area contributed by atoms with E-state index < -0.39 is 0 Å². The molecule has 1 aromatic carbocycles. The Hall–Kier alpha value is -1.10. The Balaban J connectivity index is 2.40. The largest absolute Gasteiger partial charge is 0.446 e. The number of hydrogen-bond donors (Lipinski definition) is 0. The van der Waals surface area contributed by atoms with Crippen molar-refractivity contribution < 1.29 is 4.42 Å². The molecule has 1 aromatic heterocycles. The lowest BCUT2D eigenvalue weighted by Crippen LogP contribution is -1.68. The van der Waals surface area contributed by atoms with Gasteiger partial charge in [-0.15, -0.1) is 11.6 Å². The van der Waals surface area contributed by atoms with E-state index in [1.807, 2.05) is 18.2 Å². The number of alkyl halides is 1. The molecule has 1 heterocycles. The molecular weight excluding hydrogens is 231 g/mol. The van der Waals surface area contributed by atoms with Crippen LogP contribution in [0.3, 0.4) is 0 Å². The molecule has 0 atom stereocenters.